The van der Waals surface area contributed by atoms with Crippen LogP contribution in [-0.2, 0) is 13.5 Å². The normalized spacial score (nSPS) is 18.0. The maximum atomic E-state index is 14.5. The van der Waals surface area contributed by atoms with Crippen molar-refractivity contribution in [2.24, 2.45) is 7.05 Å². The summed E-state index contributed by atoms with van der Waals surface area (Å²) in [5.74, 6) is 0. The van der Waals surface area contributed by atoms with Crippen LogP contribution >= 0.6 is 0 Å². The second kappa shape index (κ2) is 9.41. The van der Waals surface area contributed by atoms with Crippen molar-refractivity contribution in [2.45, 2.75) is 45.1 Å². The smallest absolute Gasteiger partial charge is 0.264 e. The van der Waals surface area contributed by atoms with Gasteiger partial charge in [-0.2, -0.15) is 5.10 Å². The standard InChI is InChI=1S/C29H31F2N5O/c1-18-12-24-25(34(2)29(18)37)8-3-9-26(24)35-11-5-6-19-13-22(23(28(30)31)14-27(19)35)20-15-33-36(17-20)21-7-4-10-32-16-21/h3,8-9,12-15,17,21,28,32H,4-7,10-11,16H2,1-2H3. The highest BCUT2D eigenvalue weighted by Crippen LogP contribution is 2.43. The van der Waals surface area contributed by atoms with Gasteiger partial charge in [0.2, 0.25) is 0 Å². The van der Waals surface area contributed by atoms with Gasteiger partial charge in [-0.1, -0.05) is 6.07 Å². The van der Waals surface area contributed by atoms with Crippen LogP contribution in [0.5, 0.6) is 0 Å². The van der Waals surface area contributed by atoms with E-state index in [0.29, 0.717) is 11.1 Å². The summed E-state index contributed by atoms with van der Waals surface area (Å²) in [6.45, 7) is 4.39. The maximum Gasteiger partial charge on any atom is 0.264 e. The zero-order valence-electron chi connectivity index (χ0n) is 21.2. The summed E-state index contributed by atoms with van der Waals surface area (Å²) < 4.78 is 32.5. The number of halogens is 2. The molecule has 4 aromatic rings. The summed E-state index contributed by atoms with van der Waals surface area (Å²) >= 11 is 0. The molecule has 4 heterocycles. The predicted molar refractivity (Wildman–Crippen MR) is 143 cm³/mol. The molecule has 6 nitrogen and oxygen atoms in total. The molecule has 2 aliphatic heterocycles. The van der Waals surface area contributed by atoms with Crippen LogP contribution in [0.25, 0.3) is 22.0 Å². The van der Waals surface area contributed by atoms with Gasteiger partial charge in [-0.3, -0.25) is 9.48 Å². The molecule has 192 valence electrons. The van der Waals surface area contributed by atoms with Gasteiger partial charge in [0.1, 0.15) is 0 Å². The van der Waals surface area contributed by atoms with Crippen molar-refractivity contribution in [3.8, 4) is 11.1 Å². The molecule has 0 bridgehead atoms. The van der Waals surface area contributed by atoms with Crippen molar-refractivity contribution >= 4 is 22.3 Å². The van der Waals surface area contributed by atoms with Crippen molar-refractivity contribution in [2.75, 3.05) is 24.5 Å². The molecule has 37 heavy (non-hydrogen) atoms. The Hall–Kier alpha value is -3.52. The van der Waals surface area contributed by atoms with Crippen LogP contribution in [0.4, 0.5) is 20.2 Å². The third-order valence-electron chi connectivity index (χ3n) is 7.88. The van der Waals surface area contributed by atoms with Gasteiger partial charge in [-0.15, -0.1) is 0 Å². The molecule has 2 aromatic carbocycles. The Bertz CT molecular complexity index is 1530. The van der Waals surface area contributed by atoms with E-state index in [-0.39, 0.29) is 17.2 Å². The highest BCUT2D eigenvalue weighted by atomic mass is 19.3. The minimum absolute atomic E-state index is 0.0239. The van der Waals surface area contributed by atoms with Gasteiger partial charge in [0.05, 0.1) is 23.4 Å². The van der Waals surface area contributed by atoms with Gasteiger partial charge in [-0.25, -0.2) is 8.78 Å². The molecule has 2 aliphatic rings. The van der Waals surface area contributed by atoms with E-state index in [1.165, 1.54) is 0 Å². The second-order valence-electron chi connectivity index (χ2n) is 10.2. The van der Waals surface area contributed by atoms with Gasteiger partial charge < -0.3 is 14.8 Å². The summed E-state index contributed by atoms with van der Waals surface area (Å²) in [6.07, 6.45) is 4.87. The van der Waals surface area contributed by atoms with E-state index in [1.54, 1.807) is 23.9 Å². The Morgan fingerprint density at radius 1 is 1.14 bits per heavy atom. The third kappa shape index (κ3) is 4.13. The lowest BCUT2D eigenvalue weighted by Gasteiger charge is -2.33. The number of nitrogens with one attached hydrogen (secondary N) is 1. The van der Waals surface area contributed by atoms with Gasteiger partial charge in [0, 0.05) is 54.1 Å². The van der Waals surface area contributed by atoms with Crippen LogP contribution in [0.2, 0.25) is 0 Å². The van der Waals surface area contributed by atoms with E-state index in [4.69, 9.17) is 0 Å². The Kier molecular flexibility index (Phi) is 6.07. The van der Waals surface area contributed by atoms with Crippen LogP contribution in [-0.4, -0.2) is 34.0 Å². The second-order valence-corrected chi connectivity index (χ2v) is 10.2. The van der Waals surface area contributed by atoms with E-state index in [2.05, 4.69) is 15.3 Å². The lowest BCUT2D eigenvalue weighted by molar-refractivity contribution is 0.152. The number of fused-ring (bicyclic) bond motifs is 2. The van der Waals surface area contributed by atoms with E-state index in [0.717, 1.165) is 78.7 Å². The Labute approximate surface area is 214 Å². The number of aromatic nitrogens is 3. The number of benzene rings is 2. The molecule has 1 saturated heterocycles. The van der Waals surface area contributed by atoms with Crippen LogP contribution in [0, 0.1) is 6.92 Å². The van der Waals surface area contributed by atoms with Gasteiger partial charge >= 0.3 is 0 Å². The topological polar surface area (TPSA) is 55.1 Å². The lowest BCUT2D eigenvalue weighted by atomic mass is 9.92. The third-order valence-corrected chi connectivity index (χ3v) is 7.88. The molecular formula is C29H31F2N5O. The van der Waals surface area contributed by atoms with Crippen LogP contribution in [0.1, 0.15) is 48.4 Å². The van der Waals surface area contributed by atoms with E-state index in [9.17, 15) is 13.6 Å². The first-order valence-corrected chi connectivity index (χ1v) is 13.0. The number of anilines is 2. The van der Waals surface area contributed by atoms with Crippen LogP contribution in [0.15, 0.2) is 53.6 Å². The number of hydrogen-bond acceptors (Lipinski definition) is 4. The minimum Gasteiger partial charge on any atom is -0.341 e. The molecule has 0 saturated carbocycles. The molecule has 0 radical (unpaired) electrons. The zero-order chi connectivity index (χ0) is 25.7. The average molecular weight is 504 g/mol. The first-order valence-electron chi connectivity index (χ1n) is 13.0. The Morgan fingerprint density at radius 3 is 2.78 bits per heavy atom. The van der Waals surface area contributed by atoms with Gasteiger partial charge in [-0.05, 0) is 80.6 Å². The Balaban J connectivity index is 1.46. The molecule has 0 spiro atoms. The fourth-order valence-electron chi connectivity index (χ4n) is 5.93. The van der Waals surface area contributed by atoms with Crippen molar-refractivity contribution in [3.63, 3.8) is 0 Å². The minimum atomic E-state index is -2.61. The van der Waals surface area contributed by atoms with Crippen LogP contribution in [0.3, 0.4) is 0 Å². The van der Waals surface area contributed by atoms with Crippen molar-refractivity contribution < 1.29 is 8.78 Å². The zero-order valence-corrected chi connectivity index (χ0v) is 21.2. The summed E-state index contributed by atoms with van der Waals surface area (Å²) in [7, 11) is 1.77. The summed E-state index contributed by atoms with van der Waals surface area (Å²) in [6, 6.07) is 11.6. The summed E-state index contributed by atoms with van der Waals surface area (Å²) in [5, 5.41) is 8.88. The first kappa shape index (κ1) is 23.9. The Morgan fingerprint density at radius 2 is 2.00 bits per heavy atom. The van der Waals surface area contributed by atoms with Crippen molar-refractivity contribution in [3.05, 3.63) is 75.8 Å². The first-order chi connectivity index (χ1) is 17.9. The molecule has 1 unspecified atom stereocenters. The molecule has 1 atom stereocenters. The molecule has 6 rings (SSSR count). The largest absolute Gasteiger partial charge is 0.341 e. The molecule has 0 amide bonds. The lowest BCUT2D eigenvalue weighted by Crippen LogP contribution is -2.31. The monoisotopic (exact) mass is 503 g/mol. The van der Waals surface area contributed by atoms with E-state index in [1.807, 2.05) is 48.1 Å². The molecule has 0 aliphatic carbocycles. The van der Waals surface area contributed by atoms with Crippen molar-refractivity contribution in [1.29, 1.82) is 0 Å². The molecular weight excluding hydrogens is 472 g/mol. The van der Waals surface area contributed by atoms with E-state index >= 15 is 0 Å². The highest BCUT2D eigenvalue weighted by molar-refractivity contribution is 5.95. The number of rotatable bonds is 4. The fraction of sp³-hybridized carbons (Fsp3) is 0.379. The number of aryl methyl sites for hydroxylation is 3. The highest BCUT2D eigenvalue weighted by Gasteiger charge is 2.26. The quantitative estimate of drug-likeness (QED) is 0.391. The predicted octanol–water partition coefficient (Wildman–Crippen LogP) is 5.66. The number of piperidine rings is 1. The van der Waals surface area contributed by atoms with Gasteiger partial charge in [0.25, 0.3) is 12.0 Å². The van der Waals surface area contributed by atoms with Gasteiger partial charge in [0.15, 0.2) is 0 Å². The SMILES string of the molecule is Cc1cc2c(N3CCCc4cc(-c5cnn(C6CCCNC6)c5)c(C(F)F)cc43)cccc2n(C)c1=O. The molecule has 1 N–H and O–H groups in total. The fourth-order valence-corrected chi connectivity index (χ4v) is 5.93. The number of hydrogen-bond donors (Lipinski definition) is 1. The maximum absolute atomic E-state index is 14.5. The number of nitrogens with zero attached hydrogens (tertiary/aromatic N) is 4. The van der Waals surface area contributed by atoms with Crippen LogP contribution < -0.4 is 15.8 Å². The number of pyridine rings is 1. The summed E-state index contributed by atoms with van der Waals surface area (Å²) in [4.78, 5) is 14.7. The molecule has 1 fully saturated rings. The summed E-state index contributed by atoms with van der Waals surface area (Å²) in [5.41, 5.74) is 5.57. The number of alkyl halides is 2. The molecule has 2 aromatic heterocycles. The molecule has 8 heteroatoms. The van der Waals surface area contributed by atoms with Crippen molar-refractivity contribution in [1.82, 2.24) is 19.7 Å². The van der Waals surface area contributed by atoms with E-state index < -0.39 is 6.43 Å². The average Bonchev–Trinajstić information content (AvgIpc) is 3.41.